The van der Waals surface area contributed by atoms with Gasteiger partial charge in [-0.2, -0.15) is 20.1 Å². The topological polar surface area (TPSA) is 117 Å². The van der Waals surface area contributed by atoms with Gasteiger partial charge in [0, 0.05) is 20.0 Å². The summed E-state index contributed by atoms with van der Waals surface area (Å²) in [6.45, 7) is 4.37. The normalized spacial score (nSPS) is 10.8. The van der Waals surface area contributed by atoms with Crippen LogP contribution in [0.2, 0.25) is 0 Å². The van der Waals surface area contributed by atoms with Gasteiger partial charge in [-0.05, 0) is 13.8 Å². The van der Waals surface area contributed by atoms with Crippen LogP contribution in [0.4, 0.5) is 11.9 Å². The number of aromatic nitrogens is 6. The van der Waals surface area contributed by atoms with Crippen LogP contribution in [-0.2, 0) is 13.5 Å². The van der Waals surface area contributed by atoms with E-state index in [2.05, 4.69) is 30.4 Å². The molecule has 0 aromatic carbocycles. The zero-order valence-electron chi connectivity index (χ0n) is 11.7. The van der Waals surface area contributed by atoms with Gasteiger partial charge in [0.2, 0.25) is 11.9 Å². The second-order valence-corrected chi connectivity index (χ2v) is 4.48. The molecule has 0 saturated heterocycles. The molecule has 0 atom stereocenters. The van der Waals surface area contributed by atoms with E-state index in [4.69, 9.17) is 10.5 Å². The van der Waals surface area contributed by atoms with Crippen molar-refractivity contribution >= 4 is 11.9 Å². The molecule has 9 heteroatoms. The van der Waals surface area contributed by atoms with E-state index in [1.165, 1.54) is 0 Å². The number of nitrogens with zero attached hydrogens (tertiary/aromatic N) is 6. The fraction of sp³-hybridized carbons (Fsp3) is 0.545. The molecular formula is C11H18N8O. The predicted molar refractivity (Wildman–Crippen MR) is 73.2 cm³/mol. The molecule has 2 heterocycles. The molecule has 0 saturated carbocycles. The van der Waals surface area contributed by atoms with E-state index in [1.54, 1.807) is 11.0 Å². The highest BCUT2D eigenvalue weighted by Gasteiger charge is 2.07. The van der Waals surface area contributed by atoms with E-state index in [9.17, 15) is 0 Å². The van der Waals surface area contributed by atoms with Gasteiger partial charge in [0.15, 0.2) is 5.82 Å². The van der Waals surface area contributed by atoms with Gasteiger partial charge in [-0.15, -0.1) is 0 Å². The number of nitrogens with two attached hydrogens (primary N) is 1. The van der Waals surface area contributed by atoms with E-state index < -0.39 is 0 Å². The van der Waals surface area contributed by atoms with Crippen LogP contribution in [0.3, 0.4) is 0 Å². The smallest absolute Gasteiger partial charge is 0.323 e. The molecule has 3 N–H and O–H groups in total. The number of hydrogen-bond donors (Lipinski definition) is 2. The number of nitrogen functional groups attached to an aromatic ring is 1. The van der Waals surface area contributed by atoms with Crippen LogP contribution in [0, 0.1) is 0 Å². The summed E-state index contributed by atoms with van der Waals surface area (Å²) in [6.07, 6.45) is 2.29. The summed E-state index contributed by atoms with van der Waals surface area (Å²) in [5.74, 6) is 1.25. The molecule has 2 rings (SSSR count). The third-order valence-electron chi connectivity index (χ3n) is 2.25. The minimum atomic E-state index is -0.0256. The lowest BCUT2D eigenvalue weighted by atomic mass is 10.4. The minimum Gasteiger partial charge on any atom is -0.461 e. The van der Waals surface area contributed by atoms with E-state index in [1.807, 2.05) is 20.9 Å². The van der Waals surface area contributed by atoms with Crippen LogP contribution in [0.25, 0.3) is 0 Å². The molecule has 0 amide bonds. The maximum atomic E-state index is 5.61. The first-order valence-corrected chi connectivity index (χ1v) is 6.29. The summed E-state index contributed by atoms with van der Waals surface area (Å²) in [5, 5.41) is 7.22. The molecule has 0 aliphatic rings. The van der Waals surface area contributed by atoms with Gasteiger partial charge in [-0.25, -0.2) is 4.98 Å². The van der Waals surface area contributed by atoms with Crippen molar-refractivity contribution in [3.05, 3.63) is 12.2 Å². The summed E-state index contributed by atoms with van der Waals surface area (Å²) in [5.41, 5.74) is 5.61. The largest absolute Gasteiger partial charge is 0.461 e. The maximum Gasteiger partial charge on any atom is 0.323 e. The van der Waals surface area contributed by atoms with E-state index in [0.29, 0.717) is 18.9 Å². The Bertz CT molecular complexity index is 567. The Balaban J connectivity index is 1.93. The second kappa shape index (κ2) is 6.13. The number of ether oxygens (including phenoxy) is 1. The monoisotopic (exact) mass is 278 g/mol. The van der Waals surface area contributed by atoms with E-state index in [-0.39, 0.29) is 18.1 Å². The zero-order valence-corrected chi connectivity index (χ0v) is 11.7. The Morgan fingerprint density at radius 3 is 2.80 bits per heavy atom. The first-order chi connectivity index (χ1) is 9.52. The molecule has 0 aliphatic carbocycles. The van der Waals surface area contributed by atoms with Crippen LogP contribution in [0.15, 0.2) is 6.33 Å². The van der Waals surface area contributed by atoms with Gasteiger partial charge in [-0.3, -0.25) is 4.68 Å². The van der Waals surface area contributed by atoms with Crippen LogP contribution in [0.1, 0.15) is 19.7 Å². The van der Waals surface area contributed by atoms with Gasteiger partial charge < -0.3 is 15.8 Å². The molecule has 2 aromatic heterocycles. The number of aryl methyl sites for hydroxylation is 1. The molecule has 0 fully saturated rings. The van der Waals surface area contributed by atoms with Crippen molar-refractivity contribution in [2.45, 2.75) is 26.4 Å². The fourth-order valence-electron chi connectivity index (χ4n) is 1.50. The van der Waals surface area contributed by atoms with E-state index >= 15 is 0 Å². The third-order valence-corrected chi connectivity index (χ3v) is 2.25. The molecule has 0 radical (unpaired) electrons. The molecule has 9 nitrogen and oxygen atoms in total. The lowest BCUT2D eigenvalue weighted by molar-refractivity contribution is 0.222. The number of hydrogen-bond acceptors (Lipinski definition) is 8. The Kier molecular flexibility index (Phi) is 4.28. The van der Waals surface area contributed by atoms with Crippen molar-refractivity contribution in [3.63, 3.8) is 0 Å². The van der Waals surface area contributed by atoms with Gasteiger partial charge >= 0.3 is 6.01 Å². The molecule has 108 valence electrons. The summed E-state index contributed by atoms with van der Waals surface area (Å²) >= 11 is 0. The fourth-order valence-corrected chi connectivity index (χ4v) is 1.50. The Labute approximate surface area is 116 Å². The quantitative estimate of drug-likeness (QED) is 0.759. The predicted octanol–water partition coefficient (Wildman–Crippen LogP) is 0.0241. The first-order valence-electron chi connectivity index (χ1n) is 6.29. The van der Waals surface area contributed by atoms with Gasteiger partial charge in [0.1, 0.15) is 6.33 Å². The van der Waals surface area contributed by atoms with Crippen molar-refractivity contribution in [2.24, 2.45) is 7.05 Å². The first kappa shape index (κ1) is 14.0. The highest BCUT2D eigenvalue weighted by atomic mass is 16.5. The van der Waals surface area contributed by atoms with E-state index in [0.717, 1.165) is 5.82 Å². The summed E-state index contributed by atoms with van der Waals surface area (Å²) in [7, 11) is 1.83. The summed E-state index contributed by atoms with van der Waals surface area (Å²) < 4.78 is 7.05. The average molecular weight is 278 g/mol. The molecule has 0 bridgehead atoms. The molecule has 0 unspecified atom stereocenters. The van der Waals surface area contributed by atoms with Gasteiger partial charge in [0.25, 0.3) is 0 Å². The second-order valence-electron chi connectivity index (χ2n) is 4.48. The third kappa shape index (κ3) is 4.04. The van der Waals surface area contributed by atoms with Crippen molar-refractivity contribution in [2.75, 3.05) is 17.6 Å². The number of anilines is 2. The van der Waals surface area contributed by atoms with Crippen LogP contribution in [0.5, 0.6) is 6.01 Å². The van der Waals surface area contributed by atoms with Crippen molar-refractivity contribution in [3.8, 4) is 6.01 Å². The molecular weight excluding hydrogens is 260 g/mol. The lowest BCUT2D eigenvalue weighted by Crippen LogP contribution is -2.14. The summed E-state index contributed by atoms with van der Waals surface area (Å²) in [4.78, 5) is 16.2. The van der Waals surface area contributed by atoms with Gasteiger partial charge in [-0.1, -0.05) is 0 Å². The molecule has 0 aliphatic heterocycles. The summed E-state index contributed by atoms with van der Waals surface area (Å²) in [6, 6.07) is 0.214. The average Bonchev–Trinajstić information content (AvgIpc) is 2.73. The van der Waals surface area contributed by atoms with Crippen molar-refractivity contribution < 1.29 is 4.74 Å². The number of rotatable bonds is 6. The highest BCUT2D eigenvalue weighted by molar-refractivity contribution is 5.32. The Morgan fingerprint density at radius 2 is 2.15 bits per heavy atom. The molecule has 20 heavy (non-hydrogen) atoms. The Hall–Kier alpha value is -2.45. The highest BCUT2D eigenvalue weighted by Crippen LogP contribution is 2.10. The Morgan fingerprint density at radius 1 is 1.35 bits per heavy atom. The van der Waals surface area contributed by atoms with Crippen LogP contribution in [-0.4, -0.2) is 42.4 Å². The molecule has 2 aromatic rings. The van der Waals surface area contributed by atoms with Crippen molar-refractivity contribution in [1.29, 1.82) is 0 Å². The standard InChI is InChI=1S/C11H18N8O/c1-7(2)20-11-16-9(12)15-10(17-11)13-5-4-8-14-6-19(3)18-8/h6-7H,4-5H2,1-3H3,(H3,12,13,15,16,17). The van der Waals surface area contributed by atoms with Crippen molar-refractivity contribution in [1.82, 2.24) is 29.7 Å². The van der Waals surface area contributed by atoms with Crippen LogP contribution >= 0.6 is 0 Å². The lowest BCUT2D eigenvalue weighted by Gasteiger charge is -2.09. The maximum absolute atomic E-state index is 5.61. The SMILES string of the molecule is CC(C)Oc1nc(N)nc(NCCc2ncn(C)n2)n1. The minimum absolute atomic E-state index is 0.0256. The zero-order chi connectivity index (χ0) is 14.5. The van der Waals surface area contributed by atoms with Crippen LogP contribution < -0.4 is 15.8 Å². The number of nitrogens with one attached hydrogen (secondary N) is 1. The molecule has 0 spiro atoms. The van der Waals surface area contributed by atoms with Gasteiger partial charge in [0.05, 0.1) is 6.10 Å².